The summed E-state index contributed by atoms with van der Waals surface area (Å²) >= 11 is 0. The minimum Gasteiger partial charge on any atom is -0.494 e. The normalized spacial score (nSPS) is 8.05. The Balaban J connectivity index is 0. The Morgan fingerprint density at radius 1 is 0.900 bits per heavy atom. The fourth-order valence-corrected chi connectivity index (χ4v) is 1.27. The maximum Gasteiger partial charge on any atom is 0.119 e. The third-order valence-electron chi connectivity index (χ3n) is 2.22. The van der Waals surface area contributed by atoms with Crippen molar-refractivity contribution in [1.29, 1.82) is 0 Å². The summed E-state index contributed by atoms with van der Waals surface area (Å²) in [5, 5.41) is 0. The van der Waals surface area contributed by atoms with Gasteiger partial charge >= 0.3 is 0 Å². The zero-order valence-corrected chi connectivity index (χ0v) is 15.9. The molecule has 2 heteroatoms. The van der Waals surface area contributed by atoms with Gasteiger partial charge in [-0.2, -0.15) is 42.8 Å². The van der Waals surface area contributed by atoms with Crippen LogP contribution in [0.5, 0.6) is 5.75 Å². The van der Waals surface area contributed by atoms with Crippen LogP contribution in [0.15, 0.2) is 48.5 Å². The summed E-state index contributed by atoms with van der Waals surface area (Å²) in [5.41, 5.74) is 2.56. The quantitative estimate of drug-likeness (QED) is 0.694. The first-order chi connectivity index (χ1) is 9.22. The van der Waals surface area contributed by atoms with Gasteiger partial charge in [-0.05, 0) is 26.0 Å². The standard InChI is InChI=1S/C9H12O.C7H7.C2H5.Y/c1-3-10-9-6-4-8(2)5-7-9;1-7-5-3-2-4-6-7;1-2;/h4-7H,3H2,1-2H3;3-6H,1H3;1H2,2H3;/q;2*-1;. The summed E-state index contributed by atoms with van der Waals surface area (Å²) in [6.45, 7) is 11.9. The van der Waals surface area contributed by atoms with Gasteiger partial charge in [0.15, 0.2) is 0 Å². The minimum absolute atomic E-state index is 0. The summed E-state index contributed by atoms with van der Waals surface area (Å²) in [6, 6.07) is 18.9. The largest absolute Gasteiger partial charge is 0.494 e. The van der Waals surface area contributed by atoms with Crippen LogP contribution in [0.2, 0.25) is 0 Å². The number of aryl methyl sites for hydroxylation is 2. The monoisotopic (exact) mass is 345 g/mol. The average Bonchev–Trinajstić information content (AvgIpc) is 2.45. The van der Waals surface area contributed by atoms with E-state index >= 15 is 0 Å². The van der Waals surface area contributed by atoms with Crippen LogP contribution in [0.3, 0.4) is 0 Å². The Bertz CT molecular complexity index is 409. The van der Waals surface area contributed by atoms with E-state index in [0.29, 0.717) is 0 Å². The zero-order valence-electron chi connectivity index (χ0n) is 13.0. The van der Waals surface area contributed by atoms with Gasteiger partial charge in [0, 0.05) is 32.7 Å². The molecule has 1 nitrogen and oxygen atoms in total. The Morgan fingerprint density at radius 2 is 1.35 bits per heavy atom. The van der Waals surface area contributed by atoms with Gasteiger partial charge in [-0.1, -0.05) is 24.6 Å². The molecule has 0 N–H and O–H groups in total. The number of ether oxygens (including phenoxy) is 1. The second kappa shape index (κ2) is 14.7. The van der Waals surface area contributed by atoms with Crippen molar-refractivity contribution in [3.05, 3.63) is 72.6 Å². The van der Waals surface area contributed by atoms with Gasteiger partial charge in [-0.3, -0.25) is 0 Å². The first-order valence-electron chi connectivity index (χ1n) is 6.55. The summed E-state index contributed by atoms with van der Waals surface area (Å²) < 4.78 is 5.26. The van der Waals surface area contributed by atoms with Crippen LogP contribution >= 0.6 is 0 Å². The van der Waals surface area contributed by atoms with Crippen molar-refractivity contribution in [3.8, 4) is 5.75 Å². The molecule has 1 radical (unpaired) electrons. The summed E-state index contributed by atoms with van der Waals surface area (Å²) in [5.74, 6) is 0.952. The van der Waals surface area contributed by atoms with Crippen LogP contribution in [-0.2, 0) is 32.7 Å². The first-order valence-corrected chi connectivity index (χ1v) is 6.55. The first kappa shape index (κ1) is 21.6. The second-order valence-electron chi connectivity index (χ2n) is 3.82. The van der Waals surface area contributed by atoms with Crippen LogP contribution in [-0.4, -0.2) is 6.61 Å². The van der Waals surface area contributed by atoms with Gasteiger partial charge in [0.2, 0.25) is 0 Å². The van der Waals surface area contributed by atoms with Crippen molar-refractivity contribution < 1.29 is 37.4 Å². The molecule has 0 bridgehead atoms. The van der Waals surface area contributed by atoms with E-state index in [-0.39, 0.29) is 32.7 Å². The van der Waals surface area contributed by atoms with Gasteiger partial charge in [0.25, 0.3) is 0 Å². The number of rotatable bonds is 2. The molecule has 0 saturated carbocycles. The van der Waals surface area contributed by atoms with E-state index in [0.717, 1.165) is 12.4 Å². The molecule has 2 aromatic carbocycles. The van der Waals surface area contributed by atoms with Crippen molar-refractivity contribution in [2.75, 3.05) is 6.61 Å². The molecule has 0 aliphatic heterocycles. The molecule has 0 aliphatic carbocycles. The molecule has 2 rings (SSSR count). The van der Waals surface area contributed by atoms with E-state index < -0.39 is 0 Å². The molecule has 107 valence electrons. The van der Waals surface area contributed by atoms with Crippen molar-refractivity contribution in [3.63, 3.8) is 0 Å². The molecule has 0 amide bonds. The number of hydrogen-bond acceptors (Lipinski definition) is 1. The Morgan fingerprint density at radius 3 is 1.70 bits per heavy atom. The van der Waals surface area contributed by atoms with E-state index in [1.807, 2.05) is 55.5 Å². The molecule has 0 unspecified atom stereocenters. The SMILES string of the molecule is CCOc1ccc(C)cc1.Cc1cc[c-]cc1.[CH2-]C.[Y]. The van der Waals surface area contributed by atoms with Crippen LogP contribution in [0.4, 0.5) is 0 Å². The molecule has 0 saturated heterocycles. The Labute approximate surface area is 149 Å². The van der Waals surface area contributed by atoms with Crippen LogP contribution in [0.1, 0.15) is 25.0 Å². The topological polar surface area (TPSA) is 9.23 Å². The van der Waals surface area contributed by atoms with E-state index in [4.69, 9.17) is 4.74 Å². The maximum atomic E-state index is 5.26. The Hall–Kier alpha value is -0.656. The molecule has 0 aromatic heterocycles. The van der Waals surface area contributed by atoms with Crippen LogP contribution in [0, 0.1) is 26.8 Å². The molecule has 0 fully saturated rings. The molecular weight excluding hydrogens is 321 g/mol. The van der Waals surface area contributed by atoms with Gasteiger partial charge in [0.05, 0.1) is 6.61 Å². The fraction of sp³-hybridized carbons (Fsp3) is 0.278. The molecule has 0 aliphatic rings. The summed E-state index contributed by atoms with van der Waals surface area (Å²) in [6.07, 6.45) is 0. The third kappa shape index (κ3) is 11.2. The average molecular weight is 345 g/mol. The number of hydrogen-bond donors (Lipinski definition) is 0. The summed E-state index contributed by atoms with van der Waals surface area (Å²) in [4.78, 5) is 0. The smallest absolute Gasteiger partial charge is 0.119 e. The van der Waals surface area contributed by atoms with Gasteiger partial charge < -0.3 is 11.7 Å². The predicted octanol–water partition coefficient (Wildman–Crippen LogP) is 5.03. The van der Waals surface area contributed by atoms with E-state index in [9.17, 15) is 0 Å². The maximum absolute atomic E-state index is 5.26. The molecule has 20 heavy (non-hydrogen) atoms. The Kier molecular flexibility index (Phi) is 16.0. The van der Waals surface area contributed by atoms with Gasteiger partial charge in [0.1, 0.15) is 5.75 Å². The second-order valence-corrected chi connectivity index (χ2v) is 3.82. The van der Waals surface area contributed by atoms with Gasteiger partial charge in [-0.15, -0.1) is 0 Å². The van der Waals surface area contributed by atoms with Crippen LogP contribution in [0.25, 0.3) is 0 Å². The van der Waals surface area contributed by atoms with Crippen molar-refractivity contribution in [1.82, 2.24) is 0 Å². The molecule has 0 atom stereocenters. The summed E-state index contributed by atoms with van der Waals surface area (Å²) in [7, 11) is 0. The third-order valence-corrected chi connectivity index (χ3v) is 2.22. The van der Waals surface area contributed by atoms with Crippen LogP contribution < -0.4 is 4.74 Å². The number of benzene rings is 2. The zero-order chi connectivity index (χ0) is 14.5. The molecule has 2 aromatic rings. The molecule has 0 heterocycles. The van der Waals surface area contributed by atoms with Crippen molar-refractivity contribution in [2.24, 2.45) is 0 Å². The fourth-order valence-electron chi connectivity index (χ4n) is 1.27. The van der Waals surface area contributed by atoms with E-state index in [1.54, 1.807) is 6.92 Å². The van der Waals surface area contributed by atoms with Crippen molar-refractivity contribution >= 4 is 0 Å². The van der Waals surface area contributed by atoms with E-state index in [2.05, 4.69) is 26.8 Å². The van der Waals surface area contributed by atoms with Gasteiger partial charge in [-0.25, -0.2) is 0 Å². The predicted molar refractivity (Wildman–Crippen MR) is 83.4 cm³/mol. The van der Waals surface area contributed by atoms with E-state index in [1.165, 1.54) is 11.1 Å². The van der Waals surface area contributed by atoms with Crippen molar-refractivity contribution in [2.45, 2.75) is 27.7 Å². The minimum atomic E-state index is 0. The molecule has 0 spiro atoms. The molecular formula is C18H24OY-2.